The van der Waals surface area contributed by atoms with E-state index in [0.717, 1.165) is 11.1 Å². The van der Waals surface area contributed by atoms with E-state index in [1.54, 1.807) is 0 Å². The van der Waals surface area contributed by atoms with Crippen molar-refractivity contribution in [1.29, 1.82) is 0 Å². The molecule has 0 spiro atoms. The zero-order valence-corrected chi connectivity index (χ0v) is 9.05. The maximum Gasteiger partial charge on any atom is 0.109 e. The standard InChI is InChI=1S/C13H16O2/c1-9(2)15-12-8-7-10-5-3-4-6-11(10)13(12)14/h3-9,12-14H,1-2H3/t12-,13-/m0/s1. The van der Waals surface area contributed by atoms with Crippen molar-refractivity contribution in [2.45, 2.75) is 32.2 Å². The molecule has 2 nitrogen and oxygen atoms in total. The number of ether oxygens (including phenoxy) is 1. The lowest BCUT2D eigenvalue weighted by Crippen LogP contribution is -2.25. The van der Waals surface area contributed by atoms with Crippen LogP contribution in [0.2, 0.25) is 0 Å². The largest absolute Gasteiger partial charge is 0.385 e. The minimum Gasteiger partial charge on any atom is -0.385 e. The maximum atomic E-state index is 10.1. The van der Waals surface area contributed by atoms with Gasteiger partial charge in [0.2, 0.25) is 0 Å². The average molecular weight is 204 g/mol. The SMILES string of the molecule is CC(C)O[C@H]1C=Cc2ccccc2[C@@H]1O. The molecular weight excluding hydrogens is 188 g/mol. The Balaban J connectivity index is 2.25. The lowest BCUT2D eigenvalue weighted by Gasteiger charge is -2.27. The molecule has 0 saturated heterocycles. The number of aliphatic hydroxyl groups excluding tert-OH is 1. The molecule has 2 atom stereocenters. The van der Waals surface area contributed by atoms with Gasteiger partial charge >= 0.3 is 0 Å². The lowest BCUT2D eigenvalue weighted by atomic mass is 9.93. The maximum absolute atomic E-state index is 10.1. The molecule has 0 radical (unpaired) electrons. The minimum atomic E-state index is -0.548. The highest BCUT2D eigenvalue weighted by molar-refractivity contribution is 5.58. The molecule has 15 heavy (non-hydrogen) atoms. The molecule has 1 aliphatic carbocycles. The van der Waals surface area contributed by atoms with E-state index in [4.69, 9.17) is 4.74 Å². The topological polar surface area (TPSA) is 29.5 Å². The zero-order chi connectivity index (χ0) is 10.8. The summed E-state index contributed by atoms with van der Waals surface area (Å²) in [7, 11) is 0. The van der Waals surface area contributed by atoms with Crippen molar-refractivity contribution < 1.29 is 9.84 Å². The van der Waals surface area contributed by atoms with Gasteiger partial charge in [-0.1, -0.05) is 36.4 Å². The van der Waals surface area contributed by atoms with Crippen molar-refractivity contribution in [2.75, 3.05) is 0 Å². The van der Waals surface area contributed by atoms with E-state index < -0.39 is 6.10 Å². The number of aliphatic hydroxyl groups is 1. The Morgan fingerprint density at radius 1 is 1.27 bits per heavy atom. The number of hydrogen-bond acceptors (Lipinski definition) is 2. The van der Waals surface area contributed by atoms with Crippen LogP contribution >= 0.6 is 0 Å². The number of benzene rings is 1. The van der Waals surface area contributed by atoms with Gasteiger partial charge in [-0.05, 0) is 25.0 Å². The molecule has 1 N–H and O–H groups in total. The van der Waals surface area contributed by atoms with Crippen LogP contribution in [-0.2, 0) is 4.74 Å². The molecule has 0 fully saturated rings. The van der Waals surface area contributed by atoms with Crippen LogP contribution in [0.15, 0.2) is 30.3 Å². The summed E-state index contributed by atoms with van der Waals surface area (Å²) < 4.78 is 5.62. The molecule has 0 amide bonds. The molecule has 2 rings (SSSR count). The highest BCUT2D eigenvalue weighted by Gasteiger charge is 2.24. The van der Waals surface area contributed by atoms with Crippen molar-refractivity contribution in [1.82, 2.24) is 0 Å². The first kappa shape index (κ1) is 10.4. The highest BCUT2D eigenvalue weighted by atomic mass is 16.5. The monoisotopic (exact) mass is 204 g/mol. The molecule has 0 bridgehead atoms. The molecule has 0 heterocycles. The molecule has 1 aromatic carbocycles. The van der Waals surface area contributed by atoms with E-state index in [1.165, 1.54) is 0 Å². The summed E-state index contributed by atoms with van der Waals surface area (Å²) in [5.41, 5.74) is 2.03. The van der Waals surface area contributed by atoms with Gasteiger partial charge in [0.1, 0.15) is 12.2 Å². The fourth-order valence-corrected chi connectivity index (χ4v) is 1.85. The van der Waals surface area contributed by atoms with Gasteiger partial charge in [-0.3, -0.25) is 0 Å². The van der Waals surface area contributed by atoms with Crippen molar-refractivity contribution in [3.05, 3.63) is 41.5 Å². The van der Waals surface area contributed by atoms with E-state index in [0.29, 0.717) is 0 Å². The van der Waals surface area contributed by atoms with E-state index in [-0.39, 0.29) is 12.2 Å². The highest BCUT2D eigenvalue weighted by Crippen LogP contribution is 2.29. The molecule has 1 aromatic rings. The first-order valence-electron chi connectivity index (χ1n) is 5.29. The molecule has 0 aromatic heterocycles. The Labute approximate surface area is 90.2 Å². The van der Waals surface area contributed by atoms with Crippen LogP contribution in [0.5, 0.6) is 0 Å². The van der Waals surface area contributed by atoms with Crippen LogP contribution in [0.1, 0.15) is 31.1 Å². The van der Waals surface area contributed by atoms with Gasteiger partial charge in [0.05, 0.1) is 6.10 Å². The van der Waals surface area contributed by atoms with Gasteiger partial charge in [0.25, 0.3) is 0 Å². The van der Waals surface area contributed by atoms with Gasteiger partial charge in [-0.15, -0.1) is 0 Å². The van der Waals surface area contributed by atoms with Crippen LogP contribution in [0.3, 0.4) is 0 Å². The summed E-state index contributed by atoms with van der Waals surface area (Å²) in [6.07, 6.45) is 3.29. The van der Waals surface area contributed by atoms with Gasteiger partial charge in [0.15, 0.2) is 0 Å². The number of fused-ring (bicyclic) bond motifs is 1. The second kappa shape index (κ2) is 4.17. The van der Waals surface area contributed by atoms with Gasteiger partial charge in [-0.2, -0.15) is 0 Å². The summed E-state index contributed by atoms with van der Waals surface area (Å²) in [4.78, 5) is 0. The van der Waals surface area contributed by atoms with E-state index in [2.05, 4.69) is 0 Å². The molecule has 0 aliphatic heterocycles. The number of rotatable bonds is 2. The first-order chi connectivity index (χ1) is 7.18. The van der Waals surface area contributed by atoms with Crippen molar-refractivity contribution in [3.63, 3.8) is 0 Å². The van der Waals surface area contributed by atoms with Crippen LogP contribution < -0.4 is 0 Å². The van der Waals surface area contributed by atoms with Crippen molar-refractivity contribution >= 4 is 6.08 Å². The van der Waals surface area contributed by atoms with Crippen molar-refractivity contribution in [2.24, 2.45) is 0 Å². The second-order valence-electron chi connectivity index (χ2n) is 4.08. The molecule has 2 heteroatoms. The Kier molecular flexibility index (Phi) is 2.89. The quantitative estimate of drug-likeness (QED) is 0.802. The zero-order valence-electron chi connectivity index (χ0n) is 9.05. The minimum absolute atomic E-state index is 0.125. The van der Waals surface area contributed by atoms with Crippen LogP contribution in [0, 0.1) is 0 Å². The smallest absolute Gasteiger partial charge is 0.109 e. The molecule has 80 valence electrons. The molecule has 1 aliphatic rings. The summed E-state index contributed by atoms with van der Waals surface area (Å²) >= 11 is 0. The summed E-state index contributed by atoms with van der Waals surface area (Å²) in [5.74, 6) is 0. The van der Waals surface area contributed by atoms with Gasteiger partial charge in [0, 0.05) is 0 Å². The third kappa shape index (κ3) is 2.11. The summed E-state index contributed by atoms with van der Waals surface area (Å²) in [6, 6.07) is 7.86. The third-order valence-electron chi connectivity index (χ3n) is 2.52. The van der Waals surface area contributed by atoms with Crippen molar-refractivity contribution in [3.8, 4) is 0 Å². The second-order valence-corrected chi connectivity index (χ2v) is 4.08. The van der Waals surface area contributed by atoms with E-state index >= 15 is 0 Å². The van der Waals surface area contributed by atoms with E-state index in [9.17, 15) is 5.11 Å². The summed E-state index contributed by atoms with van der Waals surface area (Å²) in [6.45, 7) is 3.95. The fourth-order valence-electron chi connectivity index (χ4n) is 1.85. The van der Waals surface area contributed by atoms with Gasteiger partial charge < -0.3 is 9.84 Å². The predicted octanol–water partition coefficient (Wildman–Crippen LogP) is 2.54. The Morgan fingerprint density at radius 2 is 2.00 bits per heavy atom. The Hall–Kier alpha value is -1.12. The van der Waals surface area contributed by atoms with Crippen LogP contribution in [-0.4, -0.2) is 17.3 Å². The molecular formula is C13H16O2. The van der Waals surface area contributed by atoms with Crippen LogP contribution in [0.4, 0.5) is 0 Å². The third-order valence-corrected chi connectivity index (χ3v) is 2.52. The predicted molar refractivity (Wildman–Crippen MR) is 60.4 cm³/mol. The number of hydrogen-bond donors (Lipinski definition) is 1. The van der Waals surface area contributed by atoms with Gasteiger partial charge in [-0.25, -0.2) is 0 Å². The Bertz CT molecular complexity index is 369. The average Bonchev–Trinajstić information content (AvgIpc) is 2.22. The van der Waals surface area contributed by atoms with E-state index in [1.807, 2.05) is 50.3 Å². The summed E-state index contributed by atoms with van der Waals surface area (Å²) in [5, 5.41) is 10.1. The van der Waals surface area contributed by atoms with Crippen LogP contribution in [0.25, 0.3) is 6.08 Å². The Morgan fingerprint density at radius 3 is 2.73 bits per heavy atom. The fraction of sp³-hybridized carbons (Fsp3) is 0.385. The first-order valence-corrected chi connectivity index (χ1v) is 5.29. The lowest BCUT2D eigenvalue weighted by molar-refractivity contribution is -0.0410. The normalized spacial score (nSPS) is 24.3. The molecule has 0 unspecified atom stereocenters. The molecule has 0 saturated carbocycles.